The minimum absolute atomic E-state index is 0.0139. The standard InChI is InChI=1S/C17H23F3O3/c1-2-3-4-5-6-7-8-15(17(18,19)20)23-16(22)13-9-11-14(21)12-10-13/h9-12,15,21H,2-8H2,1H3/t15-/m0/s1. The van der Waals surface area contributed by atoms with Crippen molar-refractivity contribution < 1.29 is 27.8 Å². The number of phenols is 1. The van der Waals surface area contributed by atoms with Gasteiger partial charge < -0.3 is 9.84 Å². The molecule has 1 N–H and O–H groups in total. The third-order valence-electron chi connectivity index (χ3n) is 3.54. The molecule has 0 saturated carbocycles. The van der Waals surface area contributed by atoms with Crippen LogP contribution in [0.25, 0.3) is 0 Å². The quantitative estimate of drug-likeness (QED) is 0.497. The van der Waals surface area contributed by atoms with Crippen molar-refractivity contribution in [2.24, 2.45) is 0 Å². The lowest BCUT2D eigenvalue weighted by Crippen LogP contribution is -2.33. The Balaban J connectivity index is 2.51. The second kappa shape index (κ2) is 9.43. The second-order valence-electron chi connectivity index (χ2n) is 5.54. The predicted molar refractivity (Wildman–Crippen MR) is 81.4 cm³/mol. The Morgan fingerprint density at radius 2 is 1.65 bits per heavy atom. The number of benzene rings is 1. The van der Waals surface area contributed by atoms with Crippen molar-refractivity contribution in [2.75, 3.05) is 0 Å². The zero-order valence-corrected chi connectivity index (χ0v) is 13.2. The van der Waals surface area contributed by atoms with Crippen LogP contribution in [-0.2, 0) is 4.74 Å². The molecule has 1 atom stereocenters. The first-order chi connectivity index (χ1) is 10.8. The highest BCUT2D eigenvalue weighted by atomic mass is 19.4. The van der Waals surface area contributed by atoms with E-state index in [2.05, 4.69) is 11.7 Å². The number of hydrogen-bond acceptors (Lipinski definition) is 3. The van der Waals surface area contributed by atoms with Crippen LogP contribution in [0.5, 0.6) is 5.75 Å². The summed E-state index contributed by atoms with van der Waals surface area (Å²) in [6, 6.07) is 4.92. The van der Waals surface area contributed by atoms with Gasteiger partial charge in [-0.1, -0.05) is 39.0 Å². The van der Waals surface area contributed by atoms with Crippen molar-refractivity contribution in [1.29, 1.82) is 0 Å². The minimum atomic E-state index is -4.57. The molecule has 0 unspecified atom stereocenters. The molecule has 0 aromatic heterocycles. The van der Waals surface area contributed by atoms with Crippen molar-refractivity contribution in [2.45, 2.75) is 64.1 Å². The number of unbranched alkanes of at least 4 members (excludes halogenated alkanes) is 5. The van der Waals surface area contributed by atoms with E-state index >= 15 is 0 Å². The average molecular weight is 332 g/mol. The van der Waals surface area contributed by atoms with Crippen molar-refractivity contribution in [3.8, 4) is 5.75 Å². The molecule has 1 aromatic carbocycles. The Kier molecular flexibility index (Phi) is 7.92. The van der Waals surface area contributed by atoms with E-state index in [1.54, 1.807) is 0 Å². The maximum Gasteiger partial charge on any atom is 0.425 e. The maximum atomic E-state index is 13.0. The molecule has 3 nitrogen and oxygen atoms in total. The molecule has 0 bridgehead atoms. The maximum absolute atomic E-state index is 13.0. The summed E-state index contributed by atoms with van der Waals surface area (Å²) in [6.45, 7) is 2.07. The molecule has 0 spiro atoms. The summed E-state index contributed by atoms with van der Waals surface area (Å²) in [7, 11) is 0. The van der Waals surface area contributed by atoms with E-state index in [-0.39, 0.29) is 17.7 Å². The molecule has 23 heavy (non-hydrogen) atoms. The number of rotatable bonds is 9. The summed E-state index contributed by atoms with van der Waals surface area (Å²) >= 11 is 0. The van der Waals surface area contributed by atoms with Crippen molar-refractivity contribution in [1.82, 2.24) is 0 Å². The molecular weight excluding hydrogens is 309 g/mol. The van der Waals surface area contributed by atoms with Gasteiger partial charge in [-0.25, -0.2) is 4.79 Å². The molecule has 0 aliphatic carbocycles. The lowest BCUT2D eigenvalue weighted by Gasteiger charge is -2.20. The smallest absolute Gasteiger partial charge is 0.425 e. The fourth-order valence-electron chi connectivity index (χ4n) is 2.19. The van der Waals surface area contributed by atoms with Gasteiger partial charge >= 0.3 is 12.1 Å². The van der Waals surface area contributed by atoms with Crippen LogP contribution in [0.2, 0.25) is 0 Å². The first-order valence-electron chi connectivity index (χ1n) is 7.91. The van der Waals surface area contributed by atoms with Gasteiger partial charge in [0.25, 0.3) is 0 Å². The molecule has 0 saturated heterocycles. The lowest BCUT2D eigenvalue weighted by atomic mass is 10.1. The lowest BCUT2D eigenvalue weighted by molar-refractivity contribution is -0.206. The molecule has 0 radical (unpaired) electrons. The highest BCUT2D eigenvalue weighted by Gasteiger charge is 2.42. The number of hydrogen-bond donors (Lipinski definition) is 1. The first kappa shape index (κ1) is 19.3. The zero-order valence-electron chi connectivity index (χ0n) is 13.2. The van der Waals surface area contributed by atoms with Crippen molar-refractivity contribution >= 4 is 5.97 Å². The highest BCUT2D eigenvalue weighted by Crippen LogP contribution is 2.28. The summed E-state index contributed by atoms with van der Waals surface area (Å²) in [5.41, 5.74) is -0.0139. The number of phenolic OH excluding ortho intramolecular Hbond substituents is 1. The Morgan fingerprint density at radius 3 is 2.22 bits per heavy atom. The van der Waals surface area contributed by atoms with Crippen molar-refractivity contribution in [3.05, 3.63) is 29.8 Å². The number of alkyl halides is 3. The van der Waals surface area contributed by atoms with Crippen LogP contribution >= 0.6 is 0 Å². The van der Waals surface area contributed by atoms with Crippen LogP contribution in [-0.4, -0.2) is 23.4 Å². The summed E-state index contributed by atoms with van der Waals surface area (Å²) in [5.74, 6) is -1.10. The Labute approximate surface area is 134 Å². The van der Waals surface area contributed by atoms with E-state index in [0.29, 0.717) is 12.8 Å². The van der Waals surface area contributed by atoms with Gasteiger partial charge in [0, 0.05) is 0 Å². The zero-order chi connectivity index (χ0) is 17.3. The number of carbonyl (C=O) groups is 1. The van der Waals surface area contributed by atoms with Crippen LogP contribution in [0, 0.1) is 0 Å². The topological polar surface area (TPSA) is 46.5 Å². The van der Waals surface area contributed by atoms with Gasteiger partial charge in [0.05, 0.1) is 5.56 Å². The van der Waals surface area contributed by atoms with Crippen LogP contribution in [0.1, 0.15) is 62.2 Å². The summed E-state index contributed by atoms with van der Waals surface area (Å²) in [4.78, 5) is 11.8. The average Bonchev–Trinajstić information content (AvgIpc) is 2.49. The van der Waals surface area contributed by atoms with Crippen LogP contribution in [0.15, 0.2) is 24.3 Å². The van der Waals surface area contributed by atoms with Gasteiger partial charge in [-0.15, -0.1) is 0 Å². The predicted octanol–water partition coefficient (Wildman–Crippen LogP) is 5.23. The van der Waals surface area contributed by atoms with Gasteiger partial charge in [0.2, 0.25) is 0 Å². The normalized spacial score (nSPS) is 12.9. The Hall–Kier alpha value is -1.72. The molecular formula is C17H23F3O3. The number of carbonyl (C=O) groups excluding carboxylic acids is 1. The van der Waals surface area contributed by atoms with Crippen LogP contribution in [0.4, 0.5) is 13.2 Å². The van der Waals surface area contributed by atoms with Crippen LogP contribution in [0.3, 0.4) is 0 Å². The minimum Gasteiger partial charge on any atom is -0.508 e. The molecule has 0 heterocycles. The molecule has 0 amide bonds. The molecule has 130 valence electrons. The second-order valence-corrected chi connectivity index (χ2v) is 5.54. The van der Waals surface area contributed by atoms with E-state index in [0.717, 1.165) is 25.7 Å². The number of ether oxygens (including phenoxy) is 1. The van der Waals surface area contributed by atoms with Gasteiger partial charge in [-0.2, -0.15) is 13.2 Å². The van der Waals surface area contributed by atoms with E-state index < -0.39 is 18.2 Å². The van der Waals surface area contributed by atoms with E-state index in [4.69, 9.17) is 5.11 Å². The molecule has 0 aliphatic rings. The van der Waals surface area contributed by atoms with Gasteiger partial charge in [-0.05, 0) is 37.1 Å². The molecule has 1 rings (SSSR count). The third kappa shape index (κ3) is 7.39. The SMILES string of the molecule is CCCCCCCC[C@H](OC(=O)c1ccc(O)cc1)C(F)(F)F. The van der Waals surface area contributed by atoms with Gasteiger partial charge in [0.1, 0.15) is 5.75 Å². The Bertz CT molecular complexity index is 469. The van der Waals surface area contributed by atoms with Crippen LogP contribution < -0.4 is 0 Å². The van der Waals surface area contributed by atoms with Gasteiger partial charge in [-0.3, -0.25) is 0 Å². The highest BCUT2D eigenvalue weighted by molar-refractivity contribution is 5.89. The van der Waals surface area contributed by atoms with E-state index in [1.807, 2.05) is 0 Å². The fourth-order valence-corrected chi connectivity index (χ4v) is 2.19. The van der Waals surface area contributed by atoms with E-state index in [1.165, 1.54) is 24.3 Å². The number of aromatic hydroxyl groups is 1. The summed E-state index contributed by atoms with van der Waals surface area (Å²) in [5, 5.41) is 9.12. The fraction of sp³-hybridized carbons (Fsp3) is 0.588. The van der Waals surface area contributed by atoms with E-state index in [9.17, 15) is 18.0 Å². The molecule has 0 fully saturated rings. The van der Waals surface area contributed by atoms with Gasteiger partial charge in [0.15, 0.2) is 6.10 Å². The summed E-state index contributed by atoms with van der Waals surface area (Å²) < 4.78 is 43.5. The Morgan fingerprint density at radius 1 is 1.09 bits per heavy atom. The summed E-state index contributed by atoms with van der Waals surface area (Å²) in [6.07, 6.45) is -1.75. The third-order valence-corrected chi connectivity index (χ3v) is 3.54. The van der Waals surface area contributed by atoms with Crippen molar-refractivity contribution in [3.63, 3.8) is 0 Å². The molecule has 1 aromatic rings. The molecule has 6 heteroatoms. The monoisotopic (exact) mass is 332 g/mol. The number of halogens is 3. The first-order valence-corrected chi connectivity index (χ1v) is 7.91. The molecule has 0 aliphatic heterocycles. The number of esters is 1. The largest absolute Gasteiger partial charge is 0.508 e.